The van der Waals surface area contributed by atoms with Crippen LogP contribution in [0.3, 0.4) is 0 Å². The monoisotopic (exact) mass is 350 g/mol. The van der Waals surface area contributed by atoms with E-state index in [4.69, 9.17) is 4.98 Å². The first-order valence-electron chi connectivity index (χ1n) is 9.15. The van der Waals surface area contributed by atoms with Crippen molar-refractivity contribution in [3.05, 3.63) is 54.1 Å². The maximum absolute atomic E-state index is 11.9. The van der Waals surface area contributed by atoms with Crippen LogP contribution in [0.25, 0.3) is 22.4 Å². The molecule has 0 bridgehead atoms. The van der Waals surface area contributed by atoms with Gasteiger partial charge in [-0.25, -0.2) is 9.78 Å². The Labute approximate surface area is 154 Å². The number of aryl methyl sites for hydroxylation is 1. The summed E-state index contributed by atoms with van der Waals surface area (Å²) in [6, 6.07) is 16.5. The van der Waals surface area contributed by atoms with E-state index in [0.29, 0.717) is 13.1 Å². The number of imidazole rings is 1. The number of aromatic nitrogens is 2. The van der Waals surface area contributed by atoms with E-state index in [1.807, 2.05) is 25.1 Å². The van der Waals surface area contributed by atoms with Crippen molar-refractivity contribution in [1.82, 2.24) is 20.2 Å². The van der Waals surface area contributed by atoms with Crippen molar-refractivity contribution in [2.75, 3.05) is 6.54 Å². The quantitative estimate of drug-likeness (QED) is 0.703. The molecule has 5 heteroatoms. The number of nitrogens with zero attached hydrogens (tertiary/aromatic N) is 2. The minimum atomic E-state index is -0.124. The molecule has 1 aromatic heterocycles. The van der Waals surface area contributed by atoms with Gasteiger partial charge >= 0.3 is 6.03 Å². The van der Waals surface area contributed by atoms with Gasteiger partial charge in [-0.15, -0.1) is 0 Å². The van der Waals surface area contributed by atoms with Crippen LogP contribution < -0.4 is 10.6 Å². The Morgan fingerprint density at radius 1 is 1.15 bits per heavy atom. The van der Waals surface area contributed by atoms with Crippen molar-refractivity contribution in [1.29, 1.82) is 0 Å². The summed E-state index contributed by atoms with van der Waals surface area (Å²) in [5.41, 5.74) is 4.34. The molecule has 5 nitrogen and oxygen atoms in total. The smallest absolute Gasteiger partial charge is 0.315 e. The molecule has 0 spiro atoms. The number of amides is 2. The molecule has 1 atom stereocenters. The summed E-state index contributed by atoms with van der Waals surface area (Å²) in [6.07, 6.45) is 0.914. The standard InChI is InChI=1S/C21H26N4O/c1-4-16(3)23-21(26)22-13-14-25-19-8-6-5-7-18(19)24-20(25)17-11-9-15(2)10-12-17/h5-12,16H,4,13-14H2,1-3H3,(H2,22,23,26). The van der Waals surface area contributed by atoms with Crippen LogP contribution in [0.4, 0.5) is 4.79 Å². The van der Waals surface area contributed by atoms with E-state index >= 15 is 0 Å². The fraction of sp³-hybridized carbons (Fsp3) is 0.333. The van der Waals surface area contributed by atoms with Crippen molar-refractivity contribution in [2.24, 2.45) is 0 Å². The summed E-state index contributed by atoms with van der Waals surface area (Å²) in [7, 11) is 0. The Bertz CT molecular complexity index is 883. The maximum Gasteiger partial charge on any atom is 0.315 e. The first kappa shape index (κ1) is 18.0. The fourth-order valence-electron chi connectivity index (χ4n) is 2.88. The second kappa shape index (κ2) is 8.04. The predicted octanol–water partition coefficient (Wildman–Crippen LogP) is 4.11. The van der Waals surface area contributed by atoms with Crippen LogP contribution in [0, 0.1) is 6.92 Å². The minimum absolute atomic E-state index is 0.124. The number of nitrogens with one attached hydrogen (secondary N) is 2. The minimum Gasteiger partial charge on any atom is -0.336 e. The summed E-state index contributed by atoms with van der Waals surface area (Å²) < 4.78 is 2.17. The van der Waals surface area contributed by atoms with Crippen LogP contribution in [-0.4, -0.2) is 28.2 Å². The molecule has 2 amide bonds. The Kier molecular flexibility index (Phi) is 5.56. The summed E-state index contributed by atoms with van der Waals surface area (Å²) >= 11 is 0. The van der Waals surface area contributed by atoms with Crippen LogP contribution in [-0.2, 0) is 6.54 Å². The van der Waals surface area contributed by atoms with E-state index < -0.39 is 0 Å². The largest absolute Gasteiger partial charge is 0.336 e. The molecular weight excluding hydrogens is 324 g/mol. The van der Waals surface area contributed by atoms with Gasteiger partial charge in [0.25, 0.3) is 0 Å². The molecule has 3 aromatic rings. The van der Waals surface area contributed by atoms with Crippen LogP contribution in [0.15, 0.2) is 48.5 Å². The van der Waals surface area contributed by atoms with Gasteiger partial charge in [-0.05, 0) is 32.4 Å². The second-order valence-electron chi connectivity index (χ2n) is 6.65. The molecule has 0 aliphatic rings. The molecule has 3 rings (SSSR count). The number of benzene rings is 2. The van der Waals surface area contributed by atoms with E-state index in [1.165, 1.54) is 5.56 Å². The highest BCUT2D eigenvalue weighted by Crippen LogP contribution is 2.24. The molecule has 26 heavy (non-hydrogen) atoms. The third-order valence-corrected chi connectivity index (χ3v) is 4.58. The van der Waals surface area contributed by atoms with Gasteiger partial charge in [0, 0.05) is 24.7 Å². The number of fused-ring (bicyclic) bond motifs is 1. The van der Waals surface area contributed by atoms with Gasteiger partial charge in [0.15, 0.2) is 0 Å². The van der Waals surface area contributed by atoms with Gasteiger partial charge in [0.2, 0.25) is 0 Å². The highest BCUT2D eigenvalue weighted by atomic mass is 16.2. The zero-order valence-electron chi connectivity index (χ0n) is 15.6. The molecule has 0 radical (unpaired) electrons. The lowest BCUT2D eigenvalue weighted by atomic mass is 10.1. The van der Waals surface area contributed by atoms with Gasteiger partial charge < -0.3 is 15.2 Å². The van der Waals surface area contributed by atoms with Gasteiger partial charge in [0.1, 0.15) is 5.82 Å². The van der Waals surface area contributed by atoms with E-state index in [0.717, 1.165) is 28.8 Å². The number of hydrogen-bond acceptors (Lipinski definition) is 2. The van der Waals surface area contributed by atoms with Gasteiger partial charge in [0.05, 0.1) is 11.0 Å². The van der Waals surface area contributed by atoms with E-state index in [-0.39, 0.29) is 12.1 Å². The lowest BCUT2D eigenvalue weighted by Crippen LogP contribution is -2.41. The van der Waals surface area contributed by atoms with Crippen LogP contribution in [0.1, 0.15) is 25.8 Å². The molecular formula is C21H26N4O. The second-order valence-corrected chi connectivity index (χ2v) is 6.65. The lowest BCUT2D eigenvalue weighted by Gasteiger charge is -2.14. The Balaban J connectivity index is 1.81. The Morgan fingerprint density at radius 3 is 2.62 bits per heavy atom. The van der Waals surface area contributed by atoms with E-state index in [1.54, 1.807) is 0 Å². The number of urea groups is 1. The number of carbonyl (C=O) groups is 1. The average molecular weight is 350 g/mol. The maximum atomic E-state index is 11.9. The highest BCUT2D eigenvalue weighted by molar-refractivity contribution is 5.80. The topological polar surface area (TPSA) is 59.0 Å². The normalized spacial score (nSPS) is 12.1. The summed E-state index contributed by atoms with van der Waals surface area (Å²) in [6.45, 7) is 7.33. The van der Waals surface area contributed by atoms with Crippen LogP contribution >= 0.6 is 0 Å². The Morgan fingerprint density at radius 2 is 1.88 bits per heavy atom. The van der Waals surface area contributed by atoms with Crippen molar-refractivity contribution in [2.45, 2.75) is 39.8 Å². The molecule has 0 aliphatic heterocycles. The van der Waals surface area contributed by atoms with Crippen LogP contribution in [0.2, 0.25) is 0 Å². The van der Waals surface area contributed by atoms with Crippen molar-refractivity contribution < 1.29 is 4.79 Å². The third kappa shape index (κ3) is 4.04. The fourth-order valence-corrected chi connectivity index (χ4v) is 2.88. The van der Waals surface area contributed by atoms with Crippen LogP contribution in [0.5, 0.6) is 0 Å². The Hall–Kier alpha value is -2.82. The highest BCUT2D eigenvalue weighted by Gasteiger charge is 2.12. The zero-order chi connectivity index (χ0) is 18.5. The number of hydrogen-bond donors (Lipinski definition) is 2. The lowest BCUT2D eigenvalue weighted by molar-refractivity contribution is 0.237. The van der Waals surface area contributed by atoms with Gasteiger partial charge in [-0.3, -0.25) is 0 Å². The molecule has 0 aliphatic carbocycles. The summed E-state index contributed by atoms with van der Waals surface area (Å²) in [4.78, 5) is 16.8. The van der Waals surface area contributed by atoms with E-state index in [9.17, 15) is 4.79 Å². The van der Waals surface area contributed by atoms with Crippen molar-refractivity contribution >= 4 is 17.1 Å². The molecule has 2 aromatic carbocycles. The number of carbonyl (C=O) groups excluding carboxylic acids is 1. The van der Waals surface area contributed by atoms with E-state index in [2.05, 4.69) is 59.4 Å². The number of rotatable bonds is 6. The van der Waals surface area contributed by atoms with Crippen molar-refractivity contribution in [3.63, 3.8) is 0 Å². The SMILES string of the molecule is CCC(C)NC(=O)NCCn1c(-c2ccc(C)cc2)nc2ccccc21. The summed E-state index contributed by atoms with van der Waals surface area (Å²) in [5, 5.41) is 5.86. The molecule has 136 valence electrons. The first-order chi connectivity index (χ1) is 12.6. The first-order valence-corrected chi connectivity index (χ1v) is 9.15. The molecule has 0 fully saturated rings. The molecule has 1 unspecified atom stereocenters. The predicted molar refractivity (Wildman–Crippen MR) is 106 cm³/mol. The zero-order valence-corrected chi connectivity index (χ0v) is 15.6. The average Bonchev–Trinajstić information content (AvgIpc) is 3.01. The van der Waals surface area contributed by atoms with Gasteiger partial charge in [-0.2, -0.15) is 0 Å². The van der Waals surface area contributed by atoms with Gasteiger partial charge in [-0.1, -0.05) is 48.9 Å². The van der Waals surface area contributed by atoms with Crippen molar-refractivity contribution in [3.8, 4) is 11.4 Å². The molecule has 1 heterocycles. The molecule has 2 N–H and O–H groups in total. The third-order valence-electron chi connectivity index (χ3n) is 4.58. The molecule has 0 saturated heterocycles. The molecule has 0 saturated carbocycles. The summed E-state index contributed by atoms with van der Waals surface area (Å²) in [5.74, 6) is 0.926. The number of para-hydroxylation sites is 2.